The number of halogens is 3. The summed E-state index contributed by atoms with van der Waals surface area (Å²) in [4.78, 5) is 0. The van der Waals surface area contributed by atoms with Crippen molar-refractivity contribution < 1.29 is 18.3 Å². The third-order valence-electron chi connectivity index (χ3n) is 5.39. The van der Waals surface area contributed by atoms with Crippen molar-refractivity contribution in [2.75, 3.05) is 0 Å². The van der Waals surface area contributed by atoms with Gasteiger partial charge in [-0.25, -0.2) is 8.78 Å². The molecule has 3 aliphatic carbocycles. The van der Waals surface area contributed by atoms with Crippen molar-refractivity contribution in [3.8, 4) is 5.75 Å². The molecule has 114 valence electrons. The summed E-state index contributed by atoms with van der Waals surface area (Å²) in [5.74, 6) is -2.91. The van der Waals surface area contributed by atoms with Gasteiger partial charge < -0.3 is 5.11 Å². The van der Waals surface area contributed by atoms with Gasteiger partial charge in [-0.3, -0.25) is 0 Å². The molecular weight excluding hydrogens is 277 g/mol. The highest BCUT2D eigenvalue weighted by molar-refractivity contribution is 5.30. The van der Waals surface area contributed by atoms with Gasteiger partial charge in [-0.1, -0.05) is 13.0 Å². The van der Waals surface area contributed by atoms with E-state index in [4.69, 9.17) is 5.11 Å². The molecular formula is C17H19F3O. The SMILES string of the molecule is CC12CCC(CCc3ccc(O)c(F)c3F)(C=C1F)CC2. The van der Waals surface area contributed by atoms with Crippen molar-refractivity contribution in [1.29, 1.82) is 0 Å². The summed E-state index contributed by atoms with van der Waals surface area (Å²) in [5.41, 5.74) is -0.285. The zero-order chi connectivity index (χ0) is 15.3. The molecule has 1 aromatic carbocycles. The molecule has 1 saturated carbocycles. The van der Waals surface area contributed by atoms with E-state index in [2.05, 4.69) is 0 Å². The Morgan fingerprint density at radius 2 is 1.71 bits per heavy atom. The number of benzene rings is 1. The van der Waals surface area contributed by atoms with Crippen LogP contribution in [0.25, 0.3) is 0 Å². The fourth-order valence-electron chi connectivity index (χ4n) is 3.60. The first kappa shape index (κ1) is 14.5. The average Bonchev–Trinajstić information content (AvgIpc) is 2.46. The van der Waals surface area contributed by atoms with Crippen LogP contribution < -0.4 is 0 Å². The van der Waals surface area contributed by atoms with Crippen molar-refractivity contribution in [2.24, 2.45) is 10.8 Å². The van der Waals surface area contributed by atoms with Gasteiger partial charge >= 0.3 is 0 Å². The molecule has 0 atom stereocenters. The van der Waals surface area contributed by atoms with Gasteiger partial charge in [0.05, 0.1) is 0 Å². The number of phenolic OH excluding ortho intramolecular Hbond substituents is 1. The Bertz CT molecular complexity index is 598. The van der Waals surface area contributed by atoms with Crippen LogP contribution in [0.2, 0.25) is 0 Å². The highest BCUT2D eigenvalue weighted by Crippen LogP contribution is 2.57. The first-order valence-electron chi connectivity index (χ1n) is 7.40. The minimum Gasteiger partial charge on any atom is -0.505 e. The molecule has 0 saturated heterocycles. The summed E-state index contributed by atoms with van der Waals surface area (Å²) in [7, 11) is 0. The van der Waals surface area contributed by atoms with Gasteiger partial charge in [0.2, 0.25) is 5.82 Å². The quantitative estimate of drug-likeness (QED) is 0.828. The van der Waals surface area contributed by atoms with E-state index in [1.807, 2.05) is 6.92 Å². The molecule has 3 aliphatic rings. The summed E-state index contributed by atoms with van der Waals surface area (Å²) in [6, 6.07) is 2.57. The highest BCUT2D eigenvalue weighted by atomic mass is 19.2. The van der Waals surface area contributed by atoms with Crippen LogP contribution in [0.5, 0.6) is 5.75 Å². The molecule has 21 heavy (non-hydrogen) atoms. The maximum absolute atomic E-state index is 14.1. The number of fused-ring (bicyclic) bond motifs is 2. The molecule has 1 fully saturated rings. The third-order valence-corrected chi connectivity index (χ3v) is 5.39. The lowest BCUT2D eigenvalue weighted by Gasteiger charge is -2.48. The number of aryl methyl sites for hydroxylation is 1. The summed E-state index contributed by atoms with van der Waals surface area (Å²) in [6.45, 7) is 1.96. The Morgan fingerprint density at radius 3 is 2.33 bits per heavy atom. The van der Waals surface area contributed by atoms with Crippen LogP contribution in [0.1, 0.15) is 44.6 Å². The summed E-state index contributed by atoms with van der Waals surface area (Å²) < 4.78 is 41.3. The molecule has 4 heteroatoms. The van der Waals surface area contributed by atoms with Gasteiger partial charge in [-0.05, 0) is 61.6 Å². The summed E-state index contributed by atoms with van der Waals surface area (Å²) >= 11 is 0. The van der Waals surface area contributed by atoms with Crippen LogP contribution in [0.3, 0.4) is 0 Å². The van der Waals surface area contributed by atoms with E-state index in [1.54, 1.807) is 6.08 Å². The highest BCUT2D eigenvalue weighted by Gasteiger charge is 2.46. The number of aromatic hydroxyl groups is 1. The minimum absolute atomic E-state index is 0.0441. The van der Waals surface area contributed by atoms with Crippen molar-refractivity contribution in [2.45, 2.75) is 45.4 Å². The van der Waals surface area contributed by atoms with Crippen LogP contribution in [0.15, 0.2) is 24.0 Å². The molecule has 0 amide bonds. The second-order valence-corrected chi connectivity index (χ2v) is 6.79. The predicted molar refractivity (Wildman–Crippen MR) is 74.5 cm³/mol. The monoisotopic (exact) mass is 296 g/mol. The van der Waals surface area contributed by atoms with E-state index in [-0.39, 0.29) is 22.2 Å². The second-order valence-electron chi connectivity index (χ2n) is 6.79. The molecule has 0 heterocycles. The fourth-order valence-corrected chi connectivity index (χ4v) is 3.60. The smallest absolute Gasteiger partial charge is 0.200 e. The van der Waals surface area contributed by atoms with E-state index in [0.717, 1.165) is 25.7 Å². The van der Waals surface area contributed by atoms with Crippen LogP contribution >= 0.6 is 0 Å². The van der Waals surface area contributed by atoms with Crippen LogP contribution in [-0.4, -0.2) is 5.11 Å². The normalized spacial score (nSPS) is 31.3. The lowest BCUT2D eigenvalue weighted by molar-refractivity contribution is 0.0903. The molecule has 0 aliphatic heterocycles. The topological polar surface area (TPSA) is 20.2 Å². The standard InChI is InChI=1S/C17H19F3O/c1-16-6-8-17(9-7-16,10-13(16)18)5-4-11-2-3-12(21)15(20)14(11)19/h2-3,10,21H,4-9H2,1H3. The van der Waals surface area contributed by atoms with Gasteiger partial charge in [0.1, 0.15) is 5.83 Å². The van der Waals surface area contributed by atoms with Gasteiger partial charge in [0.15, 0.2) is 11.6 Å². The number of allylic oxidation sites excluding steroid dienone is 2. The fraction of sp³-hybridized carbons (Fsp3) is 0.529. The molecule has 0 spiro atoms. The van der Waals surface area contributed by atoms with E-state index in [9.17, 15) is 13.2 Å². The number of phenols is 1. The molecule has 0 aromatic heterocycles. The van der Waals surface area contributed by atoms with Gasteiger partial charge in [-0.2, -0.15) is 4.39 Å². The van der Waals surface area contributed by atoms with Crippen molar-refractivity contribution in [1.82, 2.24) is 0 Å². The van der Waals surface area contributed by atoms with Crippen LogP contribution in [0, 0.1) is 22.5 Å². The van der Waals surface area contributed by atoms with Crippen molar-refractivity contribution >= 4 is 0 Å². The number of hydrogen-bond donors (Lipinski definition) is 1. The first-order valence-corrected chi connectivity index (χ1v) is 7.40. The number of rotatable bonds is 3. The Hall–Kier alpha value is -1.45. The maximum Gasteiger partial charge on any atom is 0.200 e. The Kier molecular flexibility index (Phi) is 3.30. The zero-order valence-corrected chi connectivity index (χ0v) is 12.1. The maximum atomic E-state index is 14.1. The lowest BCUT2D eigenvalue weighted by atomic mass is 9.57. The molecule has 1 N–H and O–H groups in total. The molecule has 0 unspecified atom stereocenters. The summed E-state index contributed by atoms with van der Waals surface area (Å²) in [5, 5.41) is 9.13. The molecule has 1 aromatic rings. The van der Waals surface area contributed by atoms with Crippen LogP contribution in [-0.2, 0) is 6.42 Å². The Balaban J connectivity index is 1.79. The summed E-state index contributed by atoms with van der Waals surface area (Å²) in [6.07, 6.45) is 6.12. The van der Waals surface area contributed by atoms with Crippen molar-refractivity contribution in [3.63, 3.8) is 0 Å². The first-order chi connectivity index (χ1) is 9.85. The average molecular weight is 296 g/mol. The lowest BCUT2D eigenvalue weighted by Crippen LogP contribution is -2.38. The largest absolute Gasteiger partial charge is 0.505 e. The Labute approximate surface area is 122 Å². The van der Waals surface area contributed by atoms with Crippen LogP contribution in [0.4, 0.5) is 13.2 Å². The third kappa shape index (κ3) is 2.34. The number of hydrogen-bond acceptors (Lipinski definition) is 1. The molecule has 4 rings (SSSR count). The molecule has 2 bridgehead atoms. The van der Waals surface area contributed by atoms with Gasteiger partial charge in [0.25, 0.3) is 0 Å². The van der Waals surface area contributed by atoms with E-state index >= 15 is 0 Å². The zero-order valence-electron chi connectivity index (χ0n) is 12.1. The van der Waals surface area contributed by atoms with E-state index in [0.29, 0.717) is 12.8 Å². The Morgan fingerprint density at radius 1 is 1.05 bits per heavy atom. The van der Waals surface area contributed by atoms with E-state index in [1.165, 1.54) is 12.1 Å². The van der Waals surface area contributed by atoms with E-state index < -0.39 is 17.4 Å². The minimum atomic E-state index is -1.20. The van der Waals surface area contributed by atoms with Crippen molar-refractivity contribution in [3.05, 3.63) is 41.2 Å². The molecule has 1 nitrogen and oxygen atoms in total. The molecule has 0 radical (unpaired) electrons. The van der Waals surface area contributed by atoms with Gasteiger partial charge in [-0.15, -0.1) is 0 Å². The van der Waals surface area contributed by atoms with Gasteiger partial charge in [0, 0.05) is 5.41 Å². The second kappa shape index (κ2) is 4.79. The predicted octanol–water partition coefficient (Wildman–Crippen LogP) is 5.04.